The zero-order chi connectivity index (χ0) is 17.7. The molecule has 1 atom stereocenters. The minimum Gasteiger partial charge on any atom is -0.379 e. The lowest BCUT2D eigenvalue weighted by Gasteiger charge is -2.30. The number of hydrogen-bond acceptors (Lipinski definition) is 2. The van der Waals surface area contributed by atoms with Gasteiger partial charge in [0.15, 0.2) is 0 Å². The van der Waals surface area contributed by atoms with Gasteiger partial charge < -0.3 is 10.4 Å². The zero-order valence-corrected chi connectivity index (χ0v) is 15.8. The number of benzene rings is 3. The highest BCUT2D eigenvalue weighted by Crippen LogP contribution is 2.30. The molecule has 0 aliphatic heterocycles. The summed E-state index contributed by atoms with van der Waals surface area (Å²) in [6.45, 7) is 3.20. The maximum atomic E-state index is 11.5. The lowest BCUT2D eigenvalue weighted by Crippen LogP contribution is -2.39. The van der Waals surface area contributed by atoms with E-state index in [1.165, 1.54) is 11.1 Å². The summed E-state index contributed by atoms with van der Waals surface area (Å²) >= 11 is 3.46. The summed E-state index contributed by atoms with van der Waals surface area (Å²) in [6, 6.07) is 26.2. The molecular formula is C22H22BrNO. The van der Waals surface area contributed by atoms with Crippen LogP contribution in [0.15, 0.2) is 83.3 Å². The van der Waals surface area contributed by atoms with E-state index in [0.29, 0.717) is 13.1 Å². The van der Waals surface area contributed by atoms with Gasteiger partial charge in [-0.3, -0.25) is 0 Å². The summed E-state index contributed by atoms with van der Waals surface area (Å²) in [7, 11) is 0. The molecule has 128 valence electrons. The summed E-state index contributed by atoms with van der Waals surface area (Å²) in [6.07, 6.45) is 0. The SMILES string of the molecule is Cc1ccc([C@@](O)(CNCc2ccccc2)c2ccc(Br)cc2)cc1. The van der Waals surface area contributed by atoms with Crippen LogP contribution in [0.2, 0.25) is 0 Å². The van der Waals surface area contributed by atoms with Crippen LogP contribution in [-0.4, -0.2) is 11.7 Å². The lowest BCUT2D eigenvalue weighted by molar-refractivity contribution is 0.0796. The third-order valence-electron chi connectivity index (χ3n) is 4.40. The number of nitrogens with one attached hydrogen (secondary N) is 1. The van der Waals surface area contributed by atoms with E-state index >= 15 is 0 Å². The Morgan fingerprint density at radius 1 is 0.840 bits per heavy atom. The van der Waals surface area contributed by atoms with Crippen LogP contribution in [-0.2, 0) is 12.1 Å². The molecule has 3 rings (SSSR count). The quantitative estimate of drug-likeness (QED) is 0.628. The molecule has 2 nitrogen and oxygen atoms in total. The molecule has 0 heterocycles. The fourth-order valence-corrected chi connectivity index (χ4v) is 3.17. The van der Waals surface area contributed by atoms with E-state index in [1.807, 2.05) is 66.7 Å². The molecule has 3 aromatic carbocycles. The second-order valence-corrected chi connectivity index (χ2v) is 7.24. The molecule has 0 amide bonds. The van der Waals surface area contributed by atoms with Crippen molar-refractivity contribution in [2.24, 2.45) is 0 Å². The third-order valence-corrected chi connectivity index (χ3v) is 4.93. The standard InChI is InChI=1S/C22H22BrNO/c1-17-7-9-19(10-8-17)22(25,20-11-13-21(23)14-12-20)16-24-15-18-5-3-2-4-6-18/h2-14,24-25H,15-16H2,1H3/t22-/m0/s1. The Hall–Kier alpha value is -1.94. The number of aryl methyl sites for hydroxylation is 1. The van der Waals surface area contributed by atoms with Crippen LogP contribution in [0.25, 0.3) is 0 Å². The van der Waals surface area contributed by atoms with Gasteiger partial charge in [0.05, 0.1) is 0 Å². The van der Waals surface area contributed by atoms with E-state index in [-0.39, 0.29) is 0 Å². The van der Waals surface area contributed by atoms with Gasteiger partial charge in [0.25, 0.3) is 0 Å². The molecular weight excluding hydrogens is 374 g/mol. The van der Waals surface area contributed by atoms with Gasteiger partial charge in [-0.05, 0) is 35.7 Å². The Morgan fingerprint density at radius 3 is 2.00 bits per heavy atom. The van der Waals surface area contributed by atoms with Gasteiger partial charge in [-0.15, -0.1) is 0 Å². The Kier molecular flexibility index (Phi) is 5.69. The molecule has 0 aliphatic rings. The molecule has 2 N–H and O–H groups in total. The van der Waals surface area contributed by atoms with Crippen LogP contribution >= 0.6 is 15.9 Å². The molecule has 0 radical (unpaired) electrons. The van der Waals surface area contributed by atoms with Crippen molar-refractivity contribution < 1.29 is 5.11 Å². The maximum Gasteiger partial charge on any atom is 0.127 e. The molecule has 3 heteroatoms. The minimum atomic E-state index is -1.08. The number of halogens is 1. The van der Waals surface area contributed by atoms with E-state index in [9.17, 15) is 5.11 Å². The summed E-state index contributed by atoms with van der Waals surface area (Å²) in [4.78, 5) is 0. The topological polar surface area (TPSA) is 32.3 Å². The minimum absolute atomic E-state index is 0.437. The first-order valence-corrected chi connectivity index (χ1v) is 9.17. The van der Waals surface area contributed by atoms with Crippen LogP contribution in [0.4, 0.5) is 0 Å². The van der Waals surface area contributed by atoms with Crippen molar-refractivity contribution in [1.82, 2.24) is 5.32 Å². The third kappa shape index (κ3) is 4.37. The van der Waals surface area contributed by atoms with Crippen molar-refractivity contribution in [3.8, 4) is 0 Å². The summed E-state index contributed by atoms with van der Waals surface area (Å²) in [5.41, 5.74) is 3.06. The summed E-state index contributed by atoms with van der Waals surface area (Å²) in [5, 5.41) is 14.9. The van der Waals surface area contributed by atoms with E-state index in [2.05, 4.69) is 40.3 Å². The van der Waals surface area contributed by atoms with Gasteiger partial charge in [0, 0.05) is 17.6 Å². The number of aliphatic hydroxyl groups is 1. The Morgan fingerprint density at radius 2 is 1.40 bits per heavy atom. The molecule has 0 fully saturated rings. The van der Waals surface area contributed by atoms with Crippen LogP contribution in [0, 0.1) is 6.92 Å². The normalized spacial score (nSPS) is 13.4. The lowest BCUT2D eigenvalue weighted by atomic mass is 9.86. The first-order chi connectivity index (χ1) is 12.1. The van der Waals surface area contributed by atoms with Gasteiger partial charge in [-0.25, -0.2) is 0 Å². The molecule has 25 heavy (non-hydrogen) atoms. The fraction of sp³-hybridized carbons (Fsp3) is 0.182. The van der Waals surface area contributed by atoms with E-state index in [4.69, 9.17) is 0 Å². The van der Waals surface area contributed by atoms with Crippen LogP contribution in [0.3, 0.4) is 0 Å². The number of rotatable bonds is 6. The highest BCUT2D eigenvalue weighted by molar-refractivity contribution is 9.10. The molecule has 0 saturated heterocycles. The van der Waals surface area contributed by atoms with E-state index < -0.39 is 5.60 Å². The maximum absolute atomic E-state index is 11.5. The van der Waals surface area contributed by atoms with Crippen molar-refractivity contribution in [3.63, 3.8) is 0 Å². The van der Waals surface area contributed by atoms with Crippen LogP contribution < -0.4 is 5.32 Å². The van der Waals surface area contributed by atoms with Crippen LogP contribution in [0.5, 0.6) is 0 Å². The molecule has 0 aliphatic carbocycles. The highest BCUT2D eigenvalue weighted by atomic mass is 79.9. The van der Waals surface area contributed by atoms with Crippen molar-refractivity contribution in [2.75, 3.05) is 6.54 Å². The predicted octanol–water partition coefficient (Wildman–Crippen LogP) is 4.78. The first kappa shape index (κ1) is 17.9. The van der Waals surface area contributed by atoms with Crippen molar-refractivity contribution in [1.29, 1.82) is 0 Å². The van der Waals surface area contributed by atoms with E-state index in [1.54, 1.807) is 0 Å². The molecule has 3 aromatic rings. The van der Waals surface area contributed by atoms with Gasteiger partial charge in [-0.2, -0.15) is 0 Å². The Bertz CT molecular complexity index is 752. The Balaban J connectivity index is 1.86. The molecule has 0 unspecified atom stereocenters. The highest BCUT2D eigenvalue weighted by Gasteiger charge is 2.31. The second-order valence-electron chi connectivity index (χ2n) is 6.32. The average molecular weight is 396 g/mol. The molecule has 0 aromatic heterocycles. The predicted molar refractivity (Wildman–Crippen MR) is 106 cm³/mol. The second kappa shape index (κ2) is 7.96. The van der Waals surface area contributed by atoms with E-state index in [0.717, 1.165) is 15.6 Å². The number of hydrogen-bond donors (Lipinski definition) is 2. The van der Waals surface area contributed by atoms with Crippen molar-refractivity contribution >= 4 is 15.9 Å². The molecule has 0 spiro atoms. The fourth-order valence-electron chi connectivity index (χ4n) is 2.91. The molecule has 0 bridgehead atoms. The van der Waals surface area contributed by atoms with Crippen molar-refractivity contribution in [3.05, 3.63) is 106 Å². The van der Waals surface area contributed by atoms with Gasteiger partial charge >= 0.3 is 0 Å². The summed E-state index contributed by atoms with van der Waals surface area (Å²) in [5.74, 6) is 0. The summed E-state index contributed by atoms with van der Waals surface area (Å²) < 4.78 is 1.000. The molecule has 0 saturated carbocycles. The van der Waals surface area contributed by atoms with Crippen molar-refractivity contribution in [2.45, 2.75) is 19.1 Å². The zero-order valence-electron chi connectivity index (χ0n) is 14.2. The average Bonchev–Trinajstić information content (AvgIpc) is 2.63. The smallest absolute Gasteiger partial charge is 0.127 e. The Labute approximate surface area is 157 Å². The van der Waals surface area contributed by atoms with Gasteiger partial charge in [-0.1, -0.05) is 88.2 Å². The van der Waals surface area contributed by atoms with Gasteiger partial charge in [0.1, 0.15) is 5.60 Å². The monoisotopic (exact) mass is 395 g/mol. The first-order valence-electron chi connectivity index (χ1n) is 8.38. The largest absolute Gasteiger partial charge is 0.379 e. The van der Waals surface area contributed by atoms with Gasteiger partial charge in [0.2, 0.25) is 0 Å². The van der Waals surface area contributed by atoms with Crippen LogP contribution in [0.1, 0.15) is 22.3 Å².